The van der Waals surface area contributed by atoms with Crippen LogP contribution in [0.1, 0.15) is 33.5 Å². The molecule has 6 heteroatoms. The molecule has 2 heterocycles. The van der Waals surface area contributed by atoms with E-state index in [2.05, 4.69) is 20.9 Å². The van der Waals surface area contributed by atoms with E-state index in [1.165, 1.54) is 18.0 Å². The van der Waals surface area contributed by atoms with E-state index in [-0.39, 0.29) is 11.7 Å². The summed E-state index contributed by atoms with van der Waals surface area (Å²) in [6.45, 7) is 1.82. The number of nitrogens with one attached hydrogen (secondary N) is 1. The molecule has 0 saturated carbocycles. The molecule has 0 atom stereocenters. The van der Waals surface area contributed by atoms with Crippen LogP contribution in [-0.2, 0) is 6.54 Å². The van der Waals surface area contributed by atoms with Crippen molar-refractivity contribution in [1.82, 2.24) is 9.88 Å². The summed E-state index contributed by atoms with van der Waals surface area (Å²) in [6.07, 6.45) is 1.53. The third-order valence-electron chi connectivity index (χ3n) is 2.69. The number of hydrogen-bond donors (Lipinski definition) is 1. The van der Waals surface area contributed by atoms with Crippen LogP contribution in [0.3, 0.4) is 0 Å². The lowest BCUT2D eigenvalue weighted by atomic mass is 10.2. The quantitative estimate of drug-likeness (QED) is 0.879. The number of furan rings is 1. The first kappa shape index (κ1) is 13.6. The summed E-state index contributed by atoms with van der Waals surface area (Å²) >= 11 is 3.21. The second kappa shape index (κ2) is 5.44. The van der Waals surface area contributed by atoms with Gasteiger partial charge in [0.05, 0.1) is 6.54 Å². The molecule has 19 heavy (non-hydrogen) atoms. The third-order valence-corrected chi connectivity index (χ3v) is 3.11. The molecule has 0 aliphatic heterocycles. The molecule has 0 aliphatic carbocycles. The Morgan fingerprint density at radius 3 is 2.68 bits per heavy atom. The SMILES string of the molecule is CC(=O)c1c[nH]c(C(=O)N(C)Cc2ccc(Br)o2)c1. The summed E-state index contributed by atoms with van der Waals surface area (Å²) < 4.78 is 5.97. The van der Waals surface area contributed by atoms with Crippen LogP contribution < -0.4 is 0 Å². The van der Waals surface area contributed by atoms with E-state index in [0.717, 1.165) is 0 Å². The fraction of sp³-hybridized carbons (Fsp3) is 0.231. The molecule has 0 bridgehead atoms. The number of ketones is 1. The zero-order valence-electron chi connectivity index (χ0n) is 10.6. The lowest BCUT2D eigenvalue weighted by Crippen LogP contribution is -2.26. The average molecular weight is 325 g/mol. The molecule has 100 valence electrons. The number of hydrogen-bond acceptors (Lipinski definition) is 3. The molecular formula is C13H13BrN2O3. The largest absolute Gasteiger partial charge is 0.452 e. The normalized spacial score (nSPS) is 10.5. The number of rotatable bonds is 4. The molecule has 0 aliphatic rings. The van der Waals surface area contributed by atoms with Gasteiger partial charge in [-0.2, -0.15) is 0 Å². The first-order chi connectivity index (χ1) is 8.97. The highest BCUT2D eigenvalue weighted by Crippen LogP contribution is 2.16. The molecule has 1 amide bonds. The summed E-state index contributed by atoms with van der Waals surface area (Å²) in [5.41, 5.74) is 0.885. The van der Waals surface area contributed by atoms with Gasteiger partial charge in [-0.25, -0.2) is 0 Å². The number of Topliss-reactive ketones (excluding diaryl/α,β-unsaturated/α-hetero) is 1. The number of carbonyl (C=O) groups is 2. The van der Waals surface area contributed by atoms with Crippen molar-refractivity contribution in [3.63, 3.8) is 0 Å². The molecule has 2 aromatic rings. The van der Waals surface area contributed by atoms with E-state index >= 15 is 0 Å². The van der Waals surface area contributed by atoms with Crippen molar-refractivity contribution in [2.24, 2.45) is 0 Å². The number of carbonyl (C=O) groups excluding carboxylic acids is 2. The number of aromatic amines is 1. The van der Waals surface area contributed by atoms with Crippen molar-refractivity contribution in [3.05, 3.63) is 46.1 Å². The summed E-state index contributed by atoms with van der Waals surface area (Å²) in [7, 11) is 1.67. The van der Waals surface area contributed by atoms with E-state index < -0.39 is 0 Å². The van der Waals surface area contributed by atoms with E-state index in [4.69, 9.17) is 4.42 Å². The summed E-state index contributed by atoms with van der Waals surface area (Å²) in [4.78, 5) is 27.6. The lowest BCUT2D eigenvalue weighted by molar-refractivity contribution is 0.0770. The molecule has 0 fully saturated rings. The molecule has 0 unspecified atom stereocenters. The molecular weight excluding hydrogens is 312 g/mol. The van der Waals surface area contributed by atoms with Gasteiger partial charge < -0.3 is 14.3 Å². The molecule has 1 N–H and O–H groups in total. The van der Waals surface area contributed by atoms with Gasteiger partial charge in [0, 0.05) is 18.8 Å². The molecule has 0 spiro atoms. The van der Waals surface area contributed by atoms with Crippen LogP contribution >= 0.6 is 15.9 Å². The molecule has 0 saturated heterocycles. The fourth-order valence-corrected chi connectivity index (χ4v) is 2.01. The maximum Gasteiger partial charge on any atom is 0.270 e. The lowest BCUT2D eigenvalue weighted by Gasteiger charge is -2.14. The average Bonchev–Trinajstić information content (AvgIpc) is 2.97. The van der Waals surface area contributed by atoms with E-state index in [1.807, 2.05) is 0 Å². The van der Waals surface area contributed by atoms with Crippen molar-refractivity contribution in [2.45, 2.75) is 13.5 Å². The predicted molar refractivity (Wildman–Crippen MR) is 73.0 cm³/mol. The van der Waals surface area contributed by atoms with Crippen LogP contribution in [-0.4, -0.2) is 28.6 Å². The van der Waals surface area contributed by atoms with Crippen LogP contribution in [0.25, 0.3) is 0 Å². The Morgan fingerprint density at radius 2 is 2.16 bits per heavy atom. The van der Waals surface area contributed by atoms with Crippen LogP contribution in [0.5, 0.6) is 0 Å². The second-order valence-corrected chi connectivity index (χ2v) is 5.01. The van der Waals surface area contributed by atoms with Gasteiger partial charge in [-0.1, -0.05) is 0 Å². The van der Waals surface area contributed by atoms with Crippen molar-refractivity contribution in [1.29, 1.82) is 0 Å². The molecule has 2 rings (SSSR count). The number of H-pyrrole nitrogens is 1. The number of halogens is 1. The minimum atomic E-state index is -0.194. The first-order valence-corrected chi connectivity index (χ1v) is 6.45. The highest BCUT2D eigenvalue weighted by molar-refractivity contribution is 9.10. The Kier molecular flexibility index (Phi) is 3.90. The molecule has 2 aromatic heterocycles. The number of amides is 1. The smallest absolute Gasteiger partial charge is 0.270 e. The van der Waals surface area contributed by atoms with E-state index in [9.17, 15) is 9.59 Å². The maximum absolute atomic E-state index is 12.1. The highest BCUT2D eigenvalue weighted by Gasteiger charge is 2.16. The second-order valence-electron chi connectivity index (χ2n) is 4.23. The van der Waals surface area contributed by atoms with Crippen LogP contribution in [0.4, 0.5) is 0 Å². The van der Waals surface area contributed by atoms with Gasteiger partial charge in [0.15, 0.2) is 10.5 Å². The third kappa shape index (κ3) is 3.14. The van der Waals surface area contributed by atoms with Crippen molar-refractivity contribution in [2.75, 3.05) is 7.05 Å². The van der Waals surface area contributed by atoms with Crippen LogP contribution in [0.2, 0.25) is 0 Å². The minimum Gasteiger partial charge on any atom is -0.452 e. The van der Waals surface area contributed by atoms with Crippen molar-refractivity contribution in [3.8, 4) is 0 Å². The Morgan fingerprint density at radius 1 is 1.42 bits per heavy atom. The topological polar surface area (TPSA) is 66.3 Å². The summed E-state index contributed by atoms with van der Waals surface area (Å²) in [5, 5.41) is 0. The van der Waals surface area contributed by atoms with Crippen LogP contribution in [0.15, 0.2) is 33.5 Å². The molecule has 5 nitrogen and oxygen atoms in total. The van der Waals surface area contributed by atoms with Crippen molar-refractivity contribution < 1.29 is 14.0 Å². The predicted octanol–water partition coefficient (Wildman–Crippen LogP) is 2.85. The van der Waals surface area contributed by atoms with Gasteiger partial charge in [0.25, 0.3) is 5.91 Å². The molecule has 0 aromatic carbocycles. The number of nitrogens with zero attached hydrogens (tertiary/aromatic N) is 1. The van der Waals surface area contributed by atoms with Gasteiger partial charge in [-0.3, -0.25) is 9.59 Å². The fourth-order valence-electron chi connectivity index (χ4n) is 1.67. The summed E-state index contributed by atoms with van der Waals surface area (Å²) in [6, 6.07) is 5.12. The first-order valence-electron chi connectivity index (χ1n) is 5.66. The van der Waals surface area contributed by atoms with Gasteiger partial charge in [0.2, 0.25) is 0 Å². The summed E-state index contributed by atoms with van der Waals surface area (Å²) in [5.74, 6) is 0.411. The van der Waals surface area contributed by atoms with Gasteiger partial charge >= 0.3 is 0 Å². The zero-order valence-corrected chi connectivity index (χ0v) is 12.2. The maximum atomic E-state index is 12.1. The van der Waals surface area contributed by atoms with E-state index in [1.54, 1.807) is 25.2 Å². The Hall–Kier alpha value is -1.82. The monoisotopic (exact) mass is 324 g/mol. The van der Waals surface area contributed by atoms with Gasteiger partial charge in [-0.15, -0.1) is 0 Å². The number of aromatic nitrogens is 1. The highest BCUT2D eigenvalue weighted by atomic mass is 79.9. The van der Waals surface area contributed by atoms with Crippen molar-refractivity contribution >= 4 is 27.6 Å². The Bertz CT molecular complexity index is 615. The Balaban J connectivity index is 2.07. The van der Waals surface area contributed by atoms with Gasteiger partial charge in [-0.05, 0) is 41.1 Å². The van der Waals surface area contributed by atoms with Crippen LogP contribution in [0, 0.1) is 0 Å². The van der Waals surface area contributed by atoms with Gasteiger partial charge in [0.1, 0.15) is 11.5 Å². The van der Waals surface area contributed by atoms with E-state index in [0.29, 0.717) is 28.2 Å². The molecule has 0 radical (unpaired) electrons. The standard InChI is InChI=1S/C13H13BrN2O3/c1-8(17)9-5-11(15-6-9)13(18)16(2)7-10-3-4-12(14)19-10/h3-6,15H,7H2,1-2H3. The minimum absolute atomic E-state index is 0.0760. The zero-order chi connectivity index (χ0) is 14.0. The Labute approximate surface area is 118 Å².